The van der Waals surface area contributed by atoms with Crippen molar-refractivity contribution in [1.82, 2.24) is 9.47 Å². The summed E-state index contributed by atoms with van der Waals surface area (Å²) in [5.41, 5.74) is 5.41. The quantitative estimate of drug-likeness (QED) is 0.358. The number of anilines is 1. The number of hydrogen-bond acceptors (Lipinski definition) is 2. The fourth-order valence-electron chi connectivity index (χ4n) is 5.10. The maximum absolute atomic E-state index is 13.7. The number of urea groups is 1. The number of aryl methyl sites for hydroxylation is 1. The number of nitrogens with one attached hydrogen (secondary N) is 1. The molecule has 2 aliphatic rings. The van der Waals surface area contributed by atoms with Gasteiger partial charge in [0.2, 0.25) is 0 Å². The Morgan fingerprint density at radius 2 is 1.73 bits per heavy atom. The number of thiophene rings is 1. The number of aromatic nitrogens is 1. The molecule has 0 radical (unpaired) electrons. The van der Waals surface area contributed by atoms with Gasteiger partial charge >= 0.3 is 6.03 Å². The van der Waals surface area contributed by atoms with Gasteiger partial charge in [0.1, 0.15) is 10.8 Å². The van der Waals surface area contributed by atoms with Gasteiger partial charge in [-0.05, 0) is 73.2 Å². The summed E-state index contributed by atoms with van der Waals surface area (Å²) in [5.74, 6) is -0.322. The van der Waals surface area contributed by atoms with Crippen LogP contribution in [-0.4, -0.2) is 15.5 Å². The van der Waals surface area contributed by atoms with Crippen molar-refractivity contribution in [2.24, 2.45) is 0 Å². The first-order chi connectivity index (χ1) is 16.2. The number of carbonyl (C=O) groups excluding carboxylic acids is 1. The molecule has 6 rings (SSSR count). The summed E-state index contributed by atoms with van der Waals surface area (Å²) >= 11 is 1.88. The molecule has 0 bridgehead atoms. The van der Waals surface area contributed by atoms with Crippen LogP contribution in [0, 0.1) is 5.82 Å². The van der Waals surface area contributed by atoms with Gasteiger partial charge in [0, 0.05) is 22.3 Å². The lowest BCUT2D eigenvalue weighted by Gasteiger charge is -2.31. The maximum Gasteiger partial charge on any atom is 0.322 e. The Bertz CT molecular complexity index is 1310. The summed E-state index contributed by atoms with van der Waals surface area (Å²) < 4.78 is 15.7. The second-order valence-electron chi connectivity index (χ2n) is 8.68. The third-order valence-electron chi connectivity index (χ3n) is 6.65. The van der Waals surface area contributed by atoms with E-state index in [1.807, 2.05) is 34.4 Å². The molecule has 0 saturated heterocycles. The van der Waals surface area contributed by atoms with E-state index in [0.717, 1.165) is 24.1 Å². The molecular weight excluding hydrogens is 433 g/mol. The topological polar surface area (TPSA) is 37.3 Å². The van der Waals surface area contributed by atoms with Crippen molar-refractivity contribution in [3.63, 3.8) is 0 Å². The van der Waals surface area contributed by atoms with Gasteiger partial charge in [0.05, 0.1) is 18.3 Å². The van der Waals surface area contributed by atoms with E-state index in [-0.39, 0.29) is 17.9 Å². The molecule has 1 atom stereocenters. The molecule has 4 nitrogen and oxygen atoms in total. The lowest BCUT2D eigenvalue weighted by Crippen LogP contribution is -2.38. The first kappa shape index (κ1) is 20.2. The Morgan fingerprint density at radius 3 is 2.55 bits per heavy atom. The number of halogens is 1. The first-order valence-corrected chi connectivity index (χ1v) is 12.2. The maximum atomic E-state index is 13.7. The molecule has 166 valence electrons. The van der Waals surface area contributed by atoms with Crippen LogP contribution in [-0.2, 0) is 19.4 Å². The fourth-order valence-corrected chi connectivity index (χ4v) is 6.51. The standard InChI is InChI=1S/C27H24FN3OS/c28-19-12-14-20(15-13-19)29-27(32)31-17-22-21-9-4-5-11-24(21)33-26(22)30-16-6-10-23(30)25(31)18-7-2-1-3-8-18/h1-3,6-8,10,12-16,25H,4-5,9,11,17H2,(H,29,32). The minimum Gasteiger partial charge on any atom is -0.310 e. The van der Waals surface area contributed by atoms with Crippen molar-refractivity contribution in [1.29, 1.82) is 0 Å². The third-order valence-corrected chi connectivity index (χ3v) is 7.98. The van der Waals surface area contributed by atoms with Gasteiger partial charge in [-0.1, -0.05) is 30.3 Å². The summed E-state index contributed by atoms with van der Waals surface area (Å²) in [4.78, 5) is 17.1. The van der Waals surface area contributed by atoms with Crippen LogP contribution in [0.3, 0.4) is 0 Å². The molecule has 0 spiro atoms. The van der Waals surface area contributed by atoms with Gasteiger partial charge in [0.25, 0.3) is 0 Å². The molecule has 6 heteroatoms. The molecule has 1 unspecified atom stereocenters. The average molecular weight is 458 g/mol. The Hall–Kier alpha value is -3.38. The third kappa shape index (κ3) is 3.55. The highest BCUT2D eigenvalue weighted by Gasteiger charge is 2.36. The predicted molar refractivity (Wildman–Crippen MR) is 130 cm³/mol. The monoisotopic (exact) mass is 457 g/mol. The van der Waals surface area contributed by atoms with Gasteiger partial charge < -0.3 is 14.8 Å². The molecule has 0 fully saturated rings. The molecule has 33 heavy (non-hydrogen) atoms. The van der Waals surface area contributed by atoms with Crippen molar-refractivity contribution in [3.8, 4) is 5.00 Å². The fraction of sp³-hybridized carbons (Fsp3) is 0.222. The van der Waals surface area contributed by atoms with Crippen LogP contribution in [0.5, 0.6) is 0 Å². The van der Waals surface area contributed by atoms with E-state index in [1.165, 1.54) is 46.0 Å². The van der Waals surface area contributed by atoms with Gasteiger partial charge in [-0.15, -0.1) is 11.3 Å². The van der Waals surface area contributed by atoms with E-state index < -0.39 is 0 Å². The summed E-state index contributed by atoms with van der Waals surface area (Å²) in [5, 5.41) is 4.24. The zero-order valence-corrected chi connectivity index (χ0v) is 18.9. The predicted octanol–water partition coefficient (Wildman–Crippen LogP) is 6.69. The highest BCUT2D eigenvalue weighted by Crippen LogP contribution is 2.44. The number of amides is 2. The van der Waals surface area contributed by atoms with Crippen LogP contribution in [0.1, 0.15) is 46.1 Å². The van der Waals surface area contributed by atoms with Crippen molar-refractivity contribution in [2.75, 3.05) is 5.32 Å². The van der Waals surface area contributed by atoms with E-state index in [9.17, 15) is 9.18 Å². The van der Waals surface area contributed by atoms with Crippen molar-refractivity contribution >= 4 is 23.1 Å². The summed E-state index contributed by atoms with van der Waals surface area (Å²) in [7, 11) is 0. The van der Waals surface area contributed by atoms with E-state index in [2.05, 4.69) is 40.3 Å². The van der Waals surface area contributed by atoms with Gasteiger partial charge in [0.15, 0.2) is 0 Å². The van der Waals surface area contributed by atoms with E-state index >= 15 is 0 Å². The van der Waals surface area contributed by atoms with Crippen LogP contribution in [0.4, 0.5) is 14.9 Å². The molecule has 4 aromatic rings. The van der Waals surface area contributed by atoms with Crippen LogP contribution in [0.25, 0.3) is 5.00 Å². The minimum absolute atomic E-state index is 0.188. The van der Waals surface area contributed by atoms with Gasteiger partial charge in [-0.2, -0.15) is 0 Å². The smallest absolute Gasteiger partial charge is 0.310 e. The van der Waals surface area contributed by atoms with Crippen molar-refractivity contribution < 1.29 is 9.18 Å². The number of hydrogen-bond donors (Lipinski definition) is 1. The molecular formula is C27H24FN3OS. The second kappa shape index (κ2) is 8.19. The Kier molecular flexibility index (Phi) is 5.03. The summed E-state index contributed by atoms with van der Waals surface area (Å²) in [6.07, 6.45) is 6.73. The van der Waals surface area contributed by atoms with Crippen LogP contribution in [0.15, 0.2) is 72.9 Å². The number of benzene rings is 2. The molecule has 0 saturated carbocycles. The molecule has 2 amide bonds. The number of rotatable bonds is 2. The molecule has 3 heterocycles. The van der Waals surface area contributed by atoms with Crippen LogP contribution >= 0.6 is 11.3 Å². The van der Waals surface area contributed by atoms with Crippen molar-refractivity contribution in [3.05, 3.63) is 106 Å². The van der Waals surface area contributed by atoms with E-state index in [1.54, 1.807) is 12.1 Å². The number of fused-ring (bicyclic) bond motifs is 5. The Labute approximate surface area is 196 Å². The number of carbonyl (C=O) groups is 1. The molecule has 1 N–H and O–H groups in total. The summed E-state index contributed by atoms with van der Waals surface area (Å²) in [6, 6.07) is 19.9. The lowest BCUT2D eigenvalue weighted by molar-refractivity contribution is 0.194. The molecule has 2 aromatic heterocycles. The van der Waals surface area contributed by atoms with Crippen molar-refractivity contribution in [2.45, 2.75) is 38.3 Å². The SMILES string of the molecule is O=C(Nc1ccc(F)cc1)N1Cc2c(sc3c2CCCC3)-n2cccc2C1c1ccccc1. The van der Waals surface area contributed by atoms with Gasteiger partial charge in [-0.3, -0.25) is 0 Å². The highest BCUT2D eigenvalue weighted by molar-refractivity contribution is 7.15. The second-order valence-corrected chi connectivity index (χ2v) is 9.76. The van der Waals surface area contributed by atoms with Gasteiger partial charge in [-0.25, -0.2) is 9.18 Å². The van der Waals surface area contributed by atoms with E-state index in [0.29, 0.717) is 12.2 Å². The largest absolute Gasteiger partial charge is 0.322 e. The molecule has 1 aliphatic heterocycles. The average Bonchev–Trinajstić information content (AvgIpc) is 3.43. The Balaban J connectivity index is 1.49. The Morgan fingerprint density at radius 1 is 0.939 bits per heavy atom. The van der Waals surface area contributed by atoms with Crippen LogP contribution in [0.2, 0.25) is 0 Å². The normalized spacial score (nSPS) is 17.0. The zero-order valence-electron chi connectivity index (χ0n) is 18.1. The van der Waals surface area contributed by atoms with Crippen LogP contribution < -0.4 is 5.32 Å². The number of nitrogens with zero attached hydrogens (tertiary/aromatic N) is 2. The molecule has 2 aromatic carbocycles. The summed E-state index contributed by atoms with van der Waals surface area (Å²) in [6.45, 7) is 0.537. The molecule has 1 aliphatic carbocycles. The minimum atomic E-state index is -0.322. The van der Waals surface area contributed by atoms with E-state index in [4.69, 9.17) is 0 Å². The lowest BCUT2D eigenvalue weighted by atomic mass is 9.95. The highest BCUT2D eigenvalue weighted by atomic mass is 32.1. The zero-order chi connectivity index (χ0) is 22.4. The first-order valence-electron chi connectivity index (χ1n) is 11.4.